The molecule has 0 aliphatic carbocycles. The van der Waals surface area contributed by atoms with Crippen LogP contribution in [0.25, 0.3) is 11.6 Å². The zero-order chi connectivity index (χ0) is 15.5. The van der Waals surface area contributed by atoms with Crippen LogP contribution in [-0.2, 0) is 6.54 Å². The van der Waals surface area contributed by atoms with Crippen molar-refractivity contribution in [2.45, 2.75) is 48.1 Å². The molecule has 0 bridgehead atoms. The van der Waals surface area contributed by atoms with Crippen LogP contribution in [0.15, 0.2) is 30.4 Å². The van der Waals surface area contributed by atoms with Crippen molar-refractivity contribution in [3.63, 3.8) is 0 Å². The molecule has 1 aromatic carbocycles. The SMILES string of the molecule is C/C=C\c1cccc2c1/C(=C\C)CN(C)C2.CC.CC. The van der Waals surface area contributed by atoms with Crippen molar-refractivity contribution in [3.8, 4) is 0 Å². The van der Waals surface area contributed by atoms with E-state index in [0.29, 0.717) is 0 Å². The number of hydrogen-bond donors (Lipinski definition) is 0. The van der Waals surface area contributed by atoms with Crippen molar-refractivity contribution in [3.05, 3.63) is 47.0 Å². The molecule has 0 N–H and O–H groups in total. The van der Waals surface area contributed by atoms with Crippen LogP contribution in [-0.4, -0.2) is 18.5 Å². The van der Waals surface area contributed by atoms with Gasteiger partial charge in [0.2, 0.25) is 0 Å². The summed E-state index contributed by atoms with van der Waals surface area (Å²) in [5.74, 6) is 0. The van der Waals surface area contributed by atoms with Crippen LogP contribution in [0, 0.1) is 0 Å². The van der Waals surface area contributed by atoms with Crippen LogP contribution in [0.2, 0.25) is 0 Å². The fourth-order valence-corrected chi connectivity index (χ4v) is 2.41. The zero-order valence-electron chi connectivity index (χ0n) is 14.3. The van der Waals surface area contributed by atoms with Crippen molar-refractivity contribution in [2.24, 2.45) is 0 Å². The molecule has 1 heteroatoms. The number of allylic oxidation sites excluding steroid dienone is 2. The van der Waals surface area contributed by atoms with E-state index in [9.17, 15) is 0 Å². The van der Waals surface area contributed by atoms with Crippen LogP contribution in [0.3, 0.4) is 0 Å². The molecule has 1 aromatic rings. The van der Waals surface area contributed by atoms with Gasteiger partial charge in [0.15, 0.2) is 0 Å². The number of nitrogens with zero attached hydrogens (tertiary/aromatic N) is 1. The van der Waals surface area contributed by atoms with Gasteiger partial charge in [0.1, 0.15) is 0 Å². The third-order valence-corrected chi connectivity index (χ3v) is 3.08. The quantitative estimate of drug-likeness (QED) is 0.642. The van der Waals surface area contributed by atoms with Gasteiger partial charge in [0.05, 0.1) is 0 Å². The Morgan fingerprint density at radius 3 is 2.20 bits per heavy atom. The van der Waals surface area contributed by atoms with Gasteiger partial charge in [-0.15, -0.1) is 0 Å². The second-order valence-corrected chi connectivity index (χ2v) is 4.37. The highest BCUT2D eigenvalue weighted by Crippen LogP contribution is 2.30. The van der Waals surface area contributed by atoms with Gasteiger partial charge in [0.25, 0.3) is 0 Å². The highest BCUT2D eigenvalue weighted by Gasteiger charge is 2.18. The summed E-state index contributed by atoms with van der Waals surface area (Å²) in [7, 11) is 2.18. The Morgan fingerprint density at radius 1 is 1.00 bits per heavy atom. The molecule has 20 heavy (non-hydrogen) atoms. The van der Waals surface area contributed by atoms with E-state index in [-0.39, 0.29) is 0 Å². The van der Waals surface area contributed by atoms with Gasteiger partial charge in [-0.25, -0.2) is 0 Å². The van der Waals surface area contributed by atoms with Gasteiger partial charge in [-0.05, 0) is 43.2 Å². The van der Waals surface area contributed by atoms with Crippen molar-refractivity contribution < 1.29 is 0 Å². The van der Waals surface area contributed by atoms with Crippen molar-refractivity contribution >= 4 is 11.6 Å². The summed E-state index contributed by atoms with van der Waals surface area (Å²) in [6, 6.07) is 6.59. The Kier molecular flexibility index (Phi) is 9.75. The second kappa shape index (κ2) is 10.4. The summed E-state index contributed by atoms with van der Waals surface area (Å²) in [6.07, 6.45) is 6.55. The lowest BCUT2D eigenvalue weighted by Gasteiger charge is -2.28. The predicted octanol–water partition coefficient (Wildman–Crippen LogP) is 5.62. The molecule has 0 saturated heterocycles. The Labute approximate surface area is 126 Å². The maximum atomic E-state index is 2.36. The number of hydrogen-bond acceptors (Lipinski definition) is 1. The third-order valence-electron chi connectivity index (χ3n) is 3.08. The lowest BCUT2D eigenvalue weighted by atomic mass is 9.90. The molecule has 1 aliphatic heterocycles. The van der Waals surface area contributed by atoms with Gasteiger partial charge in [-0.3, -0.25) is 4.90 Å². The van der Waals surface area contributed by atoms with Gasteiger partial charge in [0, 0.05) is 13.1 Å². The molecule has 0 spiro atoms. The number of likely N-dealkylation sites (N-methyl/N-ethyl adjacent to an activating group) is 1. The molecule has 0 saturated carbocycles. The molecule has 0 fully saturated rings. The first-order valence-electron chi connectivity index (χ1n) is 7.85. The van der Waals surface area contributed by atoms with E-state index in [2.05, 4.69) is 62.2 Å². The largest absolute Gasteiger partial charge is 0.298 e. The summed E-state index contributed by atoms with van der Waals surface area (Å²) in [6.45, 7) is 14.3. The Hall–Kier alpha value is -1.34. The maximum absolute atomic E-state index is 2.36. The Balaban J connectivity index is 0.000000829. The van der Waals surface area contributed by atoms with Crippen molar-refractivity contribution in [1.82, 2.24) is 4.90 Å². The summed E-state index contributed by atoms with van der Waals surface area (Å²) < 4.78 is 0. The summed E-state index contributed by atoms with van der Waals surface area (Å²) in [5, 5.41) is 0. The summed E-state index contributed by atoms with van der Waals surface area (Å²) in [5.41, 5.74) is 5.68. The van der Waals surface area contributed by atoms with E-state index in [4.69, 9.17) is 0 Å². The molecule has 2 rings (SSSR count). The smallest absolute Gasteiger partial charge is 0.0240 e. The molecule has 1 heterocycles. The Bertz CT molecular complexity index is 441. The average molecular weight is 273 g/mol. The summed E-state index contributed by atoms with van der Waals surface area (Å²) in [4.78, 5) is 2.36. The lowest BCUT2D eigenvalue weighted by molar-refractivity contribution is 0.359. The molecule has 0 atom stereocenters. The van der Waals surface area contributed by atoms with E-state index >= 15 is 0 Å². The van der Waals surface area contributed by atoms with Crippen molar-refractivity contribution in [2.75, 3.05) is 13.6 Å². The summed E-state index contributed by atoms with van der Waals surface area (Å²) >= 11 is 0. The minimum absolute atomic E-state index is 1.05. The van der Waals surface area contributed by atoms with Crippen LogP contribution in [0.4, 0.5) is 0 Å². The van der Waals surface area contributed by atoms with E-state index in [0.717, 1.165) is 13.1 Å². The standard InChI is InChI=1S/C15H19N.2C2H6/c1-4-7-13-8-6-9-14-11-16(3)10-12(5-2)15(13)14;2*1-2/h4-9H,10-11H2,1-3H3;2*1-2H3/b7-4-,12-5-;;. The first kappa shape index (κ1) is 18.7. The first-order chi connectivity index (χ1) is 9.76. The molecular weight excluding hydrogens is 242 g/mol. The van der Waals surface area contributed by atoms with E-state index in [1.807, 2.05) is 27.7 Å². The zero-order valence-corrected chi connectivity index (χ0v) is 14.3. The van der Waals surface area contributed by atoms with E-state index < -0.39 is 0 Å². The van der Waals surface area contributed by atoms with E-state index in [1.165, 1.54) is 22.3 Å². The van der Waals surface area contributed by atoms with Crippen LogP contribution in [0.1, 0.15) is 58.2 Å². The number of rotatable bonds is 1. The normalized spacial score (nSPS) is 16.1. The number of fused-ring (bicyclic) bond motifs is 1. The topological polar surface area (TPSA) is 3.24 Å². The molecule has 1 nitrogen and oxygen atoms in total. The fourth-order valence-electron chi connectivity index (χ4n) is 2.41. The van der Waals surface area contributed by atoms with Gasteiger partial charge in [-0.2, -0.15) is 0 Å². The Morgan fingerprint density at radius 2 is 1.65 bits per heavy atom. The molecular formula is C19H31N. The fraction of sp³-hybridized carbons (Fsp3) is 0.474. The van der Waals surface area contributed by atoms with Crippen LogP contribution >= 0.6 is 0 Å². The van der Waals surface area contributed by atoms with Gasteiger partial charge in [-0.1, -0.05) is 64.1 Å². The molecule has 0 aromatic heterocycles. The third kappa shape index (κ3) is 4.64. The average Bonchev–Trinajstić information content (AvgIpc) is 2.50. The minimum Gasteiger partial charge on any atom is -0.298 e. The molecule has 0 radical (unpaired) electrons. The molecule has 0 amide bonds. The first-order valence-corrected chi connectivity index (χ1v) is 7.85. The predicted molar refractivity (Wildman–Crippen MR) is 93.8 cm³/mol. The van der Waals surface area contributed by atoms with Crippen LogP contribution < -0.4 is 0 Å². The van der Waals surface area contributed by atoms with Crippen molar-refractivity contribution in [1.29, 1.82) is 0 Å². The molecule has 112 valence electrons. The van der Waals surface area contributed by atoms with E-state index in [1.54, 1.807) is 0 Å². The van der Waals surface area contributed by atoms with Gasteiger partial charge >= 0.3 is 0 Å². The molecule has 1 aliphatic rings. The highest BCUT2D eigenvalue weighted by atomic mass is 15.1. The van der Waals surface area contributed by atoms with Gasteiger partial charge < -0.3 is 0 Å². The maximum Gasteiger partial charge on any atom is 0.0240 e. The number of benzene rings is 1. The molecule has 0 unspecified atom stereocenters. The second-order valence-electron chi connectivity index (χ2n) is 4.37. The minimum atomic E-state index is 1.05. The van der Waals surface area contributed by atoms with Crippen LogP contribution in [0.5, 0.6) is 0 Å². The lowest BCUT2D eigenvalue weighted by Crippen LogP contribution is -2.26. The monoisotopic (exact) mass is 273 g/mol. The highest BCUT2D eigenvalue weighted by molar-refractivity contribution is 5.78.